The van der Waals surface area contributed by atoms with Crippen LogP contribution in [0.3, 0.4) is 0 Å². The molecule has 0 aliphatic heterocycles. The van der Waals surface area contributed by atoms with Crippen LogP contribution in [0.5, 0.6) is 5.75 Å². The summed E-state index contributed by atoms with van der Waals surface area (Å²) >= 11 is 8.79. The van der Waals surface area contributed by atoms with Crippen LogP contribution in [-0.4, -0.2) is 29.5 Å². The zero-order chi connectivity index (χ0) is 25.4. The molecule has 0 atom stereocenters. The Balaban J connectivity index is 1.47. The third-order valence-electron chi connectivity index (χ3n) is 6.14. The summed E-state index contributed by atoms with van der Waals surface area (Å²) in [6, 6.07) is 12.5. The van der Waals surface area contributed by atoms with Crippen molar-refractivity contribution in [2.75, 3.05) is 11.5 Å². The predicted octanol–water partition coefficient (Wildman–Crippen LogP) is 6.10. The Morgan fingerprint density at radius 3 is 2.72 bits per heavy atom. The Morgan fingerprint density at radius 2 is 1.94 bits per heavy atom. The van der Waals surface area contributed by atoms with Crippen LogP contribution < -0.4 is 9.74 Å². The first-order chi connectivity index (χ1) is 17.2. The van der Waals surface area contributed by atoms with Gasteiger partial charge >= 0.3 is 10.1 Å². The van der Waals surface area contributed by atoms with E-state index in [0.717, 1.165) is 47.3 Å². The number of fused-ring (bicyclic) bond motifs is 3. The van der Waals surface area contributed by atoms with Crippen molar-refractivity contribution in [2.24, 2.45) is 0 Å². The molecule has 0 amide bonds. The molecule has 10 heteroatoms. The van der Waals surface area contributed by atoms with E-state index in [0.29, 0.717) is 21.1 Å². The van der Waals surface area contributed by atoms with E-state index in [2.05, 4.69) is 0 Å². The maximum absolute atomic E-state index is 13.8. The first-order valence-corrected chi connectivity index (χ1v) is 15.4. The number of benzene rings is 2. The lowest BCUT2D eigenvalue weighted by Gasteiger charge is -2.14. The van der Waals surface area contributed by atoms with Gasteiger partial charge in [-0.2, -0.15) is 8.42 Å². The lowest BCUT2D eigenvalue weighted by Crippen LogP contribution is -2.23. The number of hydrogen-bond donors (Lipinski definition) is 0. The second-order valence-electron chi connectivity index (χ2n) is 8.87. The Bertz CT molecular complexity index is 1630. The Morgan fingerprint density at radius 1 is 1.14 bits per heavy atom. The molecule has 0 unspecified atom stereocenters. The summed E-state index contributed by atoms with van der Waals surface area (Å²) < 4.78 is 32.3. The predicted molar refractivity (Wildman–Crippen MR) is 148 cm³/mol. The highest BCUT2D eigenvalue weighted by atomic mass is 35.5. The lowest BCUT2D eigenvalue weighted by atomic mass is 9.97. The van der Waals surface area contributed by atoms with Crippen LogP contribution in [-0.2, 0) is 23.0 Å². The van der Waals surface area contributed by atoms with E-state index < -0.39 is 10.1 Å². The maximum atomic E-state index is 13.8. The quantitative estimate of drug-likeness (QED) is 0.154. The number of thiophene rings is 1. The molecular formula is C26H25ClN2O4S3. The summed E-state index contributed by atoms with van der Waals surface area (Å²) in [6.45, 7) is 3.72. The van der Waals surface area contributed by atoms with E-state index in [4.69, 9.17) is 20.8 Å². The molecule has 0 radical (unpaired) electrons. The topological polar surface area (TPSA) is 78.3 Å². The molecule has 2 aromatic carbocycles. The number of halogens is 1. The lowest BCUT2D eigenvalue weighted by molar-refractivity contribution is 0.486. The zero-order valence-electron chi connectivity index (χ0n) is 19.9. The molecule has 6 nitrogen and oxygen atoms in total. The van der Waals surface area contributed by atoms with Crippen molar-refractivity contribution in [2.45, 2.75) is 44.7 Å². The SMILES string of the molecule is Cc1cccc(-n2c(SCCS(=O)(=O)Oc3ccc(Cl)cc3C)nc3sc4c(c3c2=O)CCCC4)c1. The van der Waals surface area contributed by atoms with Crippen molar-refractivity contribution >= 4 is 55.0 Å². The van der Waals surface area contributed by atoms with Crippen molar-refractivity contribution in [1.82, 2.24) is 9.55 Å². The van der Waals surface area contributed by atoms with Crippen LogP contribution in [0.25, 0.3) is 15.9 Å². The summed E-state index contributed by atoms with van der Waals surface area (Å²) in [7, 11) is -3.86. The summed E-state index contributed by atoms with van der Waals surface area (Å²) in [5.41, 5.74) is 3.43. The average Bonchev–Trinajstić information content (AvgIpc) is 3.19. The highest BCUT2D eigenvalue weighted by Gasteiger charge is 2.23. The molecule has 0 N–H and O–H groups in total. The van der Waals surface area contributed by atoms with Crippen LogP contribution in [0, 0.1) is 13.8 Å². The maximum Gasteiger partial charge on any atom is 0.310 e. The van der Waals surface area contributed by atoms with Crippen molar-refractivity contribution in [1.29, 1.82) is 0 Å². The average molecular weight is 561 g/mol. The molecule has 0 bridgehead atoms. The molecule has 1 aliphatic carbocycles. The van der Waals surface area contributed by atoms with Crippen molar-refractivity contribution in [3.05, 3.63) is 79.4 Å². The minimum Gasteiger partial charge on any atom is -0.382 e. The number of rotatable bonds is 7. The van der Waals surface area contributed by atoms with Gasteiger partial charge in [0.05, 0.1) is 16.8 Å². The first-order valence-electron chi connectivity index (χ1n) is 11.7. The van der Waals surface area contributed by atoms with Gasteiger partial charge in [0, 0.05) is 15.7 Å². The van der Waals surface area contributed by atoms with Gasteiger partial charge < -0.3 is 4.18 Å². The van der Waals surface area contributed by atoms with Crippen LogP contribution in [0.2, 0.25) is 5.02 Å². The van der Waals surface area contributed by atoms with E-state index in [9.17, 15) is 13.2 Å². The molecule has 36 heavy (non-hydrogen) atoms. The molecule has 0 saturated heterocycles. The standard InChI is InChI=1S/C26H25ClN2O4S3/c1-16-6-5-7-19(14-16)29-25(30)23-20-8-3-4-9-22(20)35-24(23)28-26(29)34-12-13-36(31,32)33-21-11-10-18(27)15-17(21)2/h5-7,10-11,14-15H,3-4,8-9,12-13H2,1-2H3. The van der Waals surface area contributed by atoms with Crippen LogP contribution in [0.4, 0.5) is 0 Å². The molecule has 0 fully saturated rings. The highest BCUT2D eigenvalue weighted by Crippen LogP contribution is 2.35. The minimum absolute atomic E-state index is 0.0941. The summed E-state index contributed by atoms with van der Waals surface area (Å²) in [6.07, 6.45) is 4.07. The van der Waals surface area contributed by atoms with Gasteiger partial charge in [0.2, 0.25) is 0 Å². The summed E-state index contributed by atoms with van der Waals surface area (Å²) in [5.74, 6) is 0.205. The highest BCUT2D eigenvalue weighted by molar-refractivity contribution is 8.00. The van der Waals surface area contributed by atoms with Gasteiger partial charge in [0.1, 0.15) is 10.6 Å². The first kappa shape index (κ1) is 25.3. The van der Waals surface area contributed by atoms with Crippen molar-refractivity contribution in [3.63, 3.8) is 0 Å². The van der Waals surface area contributed by atoms with Crippen LogP contribution in [0.1, 0.15) is 34.4 Å². The number of thioether (sulfide) groups is 1. The summed E-state index contributed by atoms with van der Waals surface area (Å²) in [4.78, 5) is 20.7. The largest absolute Gasteiger partial charge is 0.382 e. The number of hydrogen-bond acceptors (Lipinski definition) is 7. The molecule has 4 aromatic rings. The molecule has 5 rings (SSSR count). The van der Waals surface area contributed by atoms with Gasteiger partial charge in [0.15, 0.2) is 5.16 Å². The second-order valence-corrected chi connectivity index (χ2v) is 13.1. The Labute approximate surface area is 223 Å². The number of aromatic nitrogens is 2. The van der Waals surface area contributed by atoms with Gasteiger partial charge in [-0.25, -0.2) is 4.98 Å². The van der Waals surface area contributed by atoms with Gasteiger partial charge in [0.25, 0.3) is 5.56 Å². The summed E-state index contributed by atoms with van der Waals surface area (Å²) in [5, 5.41) is 1.70. The van der Waals surface area contributed by atoms with Crippen molar-refractivity contribution < 1.29 is 12.6 Å². The molecule has 0 saturated carbocycles. The fourth-order valence-corrected chi connectivity index (χ4v) is 8.28. The fraction of sp³-hybridized carbons (Fsp3) is 0.308. The number of aryl methyl sites for hydroxylation is 4. The van der Waals surface area contributed by atoms with E-state index in [1.54, 1.807) is 41.0 Å². The van der Waals surface area contributed by atoms with E-state index >= 15 is 0 Å². The van der Waals surface area contributed by atoms with E-state index in [-0.39, 0.29) is 22.8 Å². The third kappa shape index (κ3) is 5.20. The number of nitrogens with zero attached hydrogens (tertiary/aromatic N) is 2. The van der Waals surface area contributed by atoms with E-state index in [1.165, 1.54) is 16.6 Å². The van der Waals surface area contributed by atoms with Gasteiger partial charge in [-0.05, 0) is 86.6 Å². The van der Waals surface area contributed by atoms with Crippen molar-refractivity contribution in [3.8, 4) is 11.4 Å². The Kier molecular flexibility index (Phi) is 7.18. The monoisotopic (exact) mass is 560 g/mol. The zero-order valence-corrected chi connectivity index (χ0v) is 23.1. The van der Waals surface area contributed by atoms with Crippen LogP contribution in [0.15, 0.2) is 52.4 Å². The van der Waals surface area contributed by atoms with Gasteiger partial charge in [-0.1, -0.05) is 35.5 Å². The molecule has 2 heterocycles. The molecular weight excluding hydrogens is 536 g/mol. The third-order valence-corrected chi connectivity index (χ3v) is 9.89. The fourth-order valence-electron chi connectivity index (χ4n) is 4.40. The second kappa shape index (κ2) is 10.2. The Hall–Kier alpha value is -2.33. The molecule has 188 valence electrons. The molecule has 0 spiro atoms. The van der Waals surface area contributed by atoms with Crippen LogP contribution >= 0.6 is 34.7 Å². The van der Waals surface area contributed by atoms with Gasteiger partial charge in [-0.3, -0.25) is 9.36 Å². The minimum atomic E-state index is -3.86. The molecule has 2 aromatic heterocycles. The normalized spacial score (nSPS) is 13.6. The molecule has 1 aliphatic rings. The van der Waals surface area contributed by atoms with Gasteiger partial charge in [-0.15, -0.1) is 11.3 Å². The van der Waals surface area contributed by atoms with E-state index in [1.807, 2.05) is 31.2 Å². The smallest absolute Gasteiger partial charge is 0.310 e.